The minimum absolute atomic E-state index is 0.456. The van der Waals surface area contributed by atoms with Crippen LogP contribution in [0.4, 0.5) is 0 Å². The zero-order chi connectivity index (χ0) is 14.5. The summed E-state index contributed by atoms with van der Waals surface area (Å²) in [6.07, 6.45) is 0.423. The van der Waals surface area contributed by atoms with Gasteiger partial charge in [0.2, 0.25) is 0 Å². The van der Waals surface area contributed by atoms with Gasteiger partial charge in [0.05, 0.1) is 13.2 Å². The first-order chi connectivity index (χ1) is 9.60. The SMILES string of the molecule is COc1ccccc1CC(O)Cc1cc(Cl)ccc1Cl. The molecule has 2 aromatic rings. The van der Waals surface area contributed by atoms with Crippen LogP contribution in [0.5, 0.6) is 5.75 Å². The lowest BCUT2D eigenvalue weighted by Gasteiger charge is -2.14. The predicted molar refractivity (Wildman–Crippen MR) is 82.9 cm³/mol. The van der Waals surface area contributed by atoms with E-state index in [1.54, 1.807) is 25.3 Å². The average molecular weight is 311 g/mol. The van der Waals surface area contributed by atoms with Gasteiger partial charge in [0.1, 0.15) is 5.75 Å². The maximum atomic E-state index is 10.2. The van der Waals surface area contributed by atoms with Crippen LogP contribution < -0.4 is 4.74 Å². The minimum atomic E-state index is -0.540. The van der Waals surface area contributed by atoms with Gasteiger partial charge in [0.15, 0.2) is 0 Å². The molecule has 1 N–H and O–H groups in total. The first kappa shape index (κ1) is 15.2. The van der Waals surface area contributed by atoms with Gasteiger partial charge in [0.25, 0.3) is 0 Å². The Morgan fingerprint density at radius 3 is 2.50 bits per heavy atom. The molecule has 0 saturated heterocycles. The monoisotopic (exact) mass is 310 g/mol. The molecule has 20 heavy (non-hydrogen) atoms. The molecule has 0 saturated carbocycles. The van der Waals surface area contributed by atoms with Crippen LogP contribution in [-0.2, 0) is 12.8 Å². The van der Waals surface area contributed by atoms with Crippen LogP contribution in [-0.4, -0.2) is 18.3 Å². The number of methoxy groups -OCH3 is 1. The fourth-order valence-corrected chi connectivity index (χ4v) is 2.54. The molecule has 1 atom stereocenters. The number of para-hydroxylation sites is 1. The summed E-state index contributed by atoms with van der Waals surface area (Å²) in [7, 11) is 1.62. The highest BCUT2D eigenvalue weighted by molar-refractivity contribution is 6.33. The lowest BCUT2D eigenvalue weighted by molar-refractivity contribution is 0.174. The maximum absolute atomic E-state index is 10.2. The molecule has 4 heteroatoms. The van der Waals surface area contributed by atoms with Gasteiger partial charge in [-0.1, -0.05) is 41.4 Å². The summed E-state index contributed by atoms with van der Waals surface area (Å²) < 4.78 is 5.28. The smallest absolute Gasteiger partial charge is 0.122 e. The van der Waals surface area contributed by atoms with E-state index in [0.717, 1.165) is 16.9 Å². The van der Waals surface area contributed by atoms with Crippen LogP contribution in [0, 0.1) is 0 Å². The molecule has 0 amide bonds. The Kier molecular flexibility index (Phi) is 5.30. The van der Waals surface area contributed by atoms with E-state index in [1.807, 2.05) is 24.3 Å². The van der Waals surface area contributed by atoms with E-state index in [4.69, 9.17) is 27.9 Å². The van der Waals surface area contributed by atoms with Gasteiger partial charge < -0.3 is 9.84 Å². The Labute approximate surface area is 128 Å². The summed E-state index contributed by atoms with van der Waals surface area (Å²) in [6.45, 7) is 0. The quantitative estimate of drug-likeness (QED) is 0.899. The highest BCUT2D eigenvalue weighted by Gasteiger charge is 2.12. The Hall–Kier alpha value is -1.22. The topological polar surface area (TPSA) is 29.5 Å². The molecule has 106 valence electrons. The number of benzene rings is 2. The third-order valence-corrected chi connectivity index (χ3v) is 3.72. The number of aliphatic hydroxyl groups is 1. The van der Waals surface area contributed by atoms with Crippen molar-refractivity contribution < 1.29 is 9.84 Å². The van der Waals surface area contributed by atoms with E-state index < -0.39 is 6.10 Å². The number of hydrogen-bond acceptors (Lipinski definition) is 2. The van der Waals surface area contributed by atoms with E-state index in [0.29, 0.717) is 22.9 Å². The van der Waals surface area contributed by atoms with Gasteiger partial charge in [-0.25, -0.2) is 0 Å². The lowest BCUT2D eigenvalue weighted by atomic mass is 10.0. The van der Waals surface area contributed by atoms with Crippen LogP contribution in [0.15, 0.2) is 42.5 Å². The first-order valence-corrected chi connectivity index (χ1v) is 7.09. The van der Waals surface area contributed by atoms with Crippen molar-refractivity contribution in [2.75, 3.05) is 7.11 Å². The first-order valence-electron chi connectivity index (χ1n) is 6.34. The minimum Gasteiger partial charge on any atom is -0.496 e. The van der Waals surface area contributed by atoms with E-state index in [9.17, 15) is 5.11 Å². The second-order valence-electron chi connectivity index (χ2n) is 4.61. The van der Waals surface area contributed by atoms with Crippen molar-refractivity contribution in [3.8, 4) is 5.75 Å². The standard InChI is InChI=1S/C16H16Cl2O2/c1-20-16-5-3-2-4-11(16)9-14(19)10-12-8-13(17)6-7-15(12)18/h2-8,14,19H,9-10H2,1H3. The van der Waals surface area contributed by atoms with Crippen molar-refractivity contribution in [1.29, 1.82) is 0 Å². The van der Waals surface area contributed by atoms with Gasteiger partial charge >= 0.3 is 0 Å². The highest BCUT2D eigenvalue weighted by Crippen LogP contribution is 2.24. The molecule has 0 spiro atoms. The van der Waals surface area contributed by atoms with Crippen LogP contribution in [0.2, 0.25) is 10.0 Å². The van der Waals surface area contributed by atoms with Crippen LogP contribution in [0.3, 0.4) is 0 Å². The number of aliphatic hydroxyl groups excluding tert-OH is 1. The van der Waals surface area contributed by atoms with Crippen molar-refractivity contribution in [3.63, 3.8) is 0 Å². The molecule has 0 bridgehead atoms. The summed E-state index contributed by atoms with van der Waals surface area (Å²) in [4.78, 5) is 0. The largest absolute Gasteiger partial charge is 0.496 e. The van der Waals surface area contributed by atoms with Crippen molar-refractivity contribution in [3.05, 3.63) is 63.6 Å². The molecular formula is C16H16Cl2O2. The van der Waals surface area contributed by atoms with Gasteiger partial charge in [-0.3, -0.25) is 0 Å². The second kappa shape index (κ2) is 6.98. The van der Waals surface area contributed by atoms with Crippen LogP contribution in [0.25, 0.3) is 0 Å². The fourth-order valence-electron chi connectivity index (χ4n) is 2.15. The normalized spacial score (nSPS) is 12.2. The highest BCUT2D eigenvalue weighted by atomic mass is 35.5. The van der Waals surface area contributed by atoms with E-state index >= 15 is 0 Å². The van der Waals surface area contributed by atoms with Gasteiger partial charge in [0, 0.05) is 22.9 Å². The van der Waals surface area contributed by atoms with Crippen molar-refractivity contribution >= 4 is 23.2 Å². The van der Waals surface area contributed by atoms with Gasteiger partial charge in [-0.15, -0.1) is 0 Å². The molecular weight excluding hydrogens is 295 g/mol. The number of ether oxygens (including phenoxy) is 1. The molecule has 0 radical (unpaired) electrons. The summed E-state index contributed by atoms with van der Waals surface area (Å²) in [5, 5.41) is 11.5. The zero-order valence-corrected chi connectivity index (χ0v) is 12.7. The molecule has 0 aliphatic heterocycles. The molecule has 0 heterocycles. The summed E-state index contributed by atoms with van der Waals surface area (Å²) >= 11 is 12.1. The fraction of sp³-hybridized carbons (Fsp3) is 0.250. The average Bonchev–Trinajstić information content (AvgIpc) is 2.43. The molecule has 0 fully saturated rings. The Morgan fingerprint density at radius 2 is 1.75 bits per heavy atom. The summed E-state index contributed by atoms with van der Waals surface area (Å²) in [5.41, 5.74) is 1.82. The van der Waals surface area contributed by atoms with Gasteiger partial charge in [-0.05, 0) is 35.4 Å². The van der Waals surface area contributed by atoms with E-state index in [-0.39, 0.29) is 0 Å². The zero-order valence-electron chi connectivity index (χ0n) is 11.1. The van der Waals surface area contributed by atoms with Gasteiger partial charge in [-0.2, -0.15) is 0 Å². The third-order valence-electron chi connectivity index (χ3n) is 3.11. The summed E-state index contributed by atoms with van der Waals surface area (Å²) in [5.74, 6) is 0.781. The second-order valence-corrected chi connectivity index (χ2v) is 5.45. The molecule has 2 nitrogen and oxygen atoms in total. The van der Waals surface area contributed by atoms with Crippen LogP contribution >= 0.6 is 23.2 Å². The Morgan fingerprint density at radius 1 is 1.05 bits per heavy atom. The molecule has 1 unspecified atom stereocenters. The predicted octanol–water partition coefficient (Wildman–Crippen LogP) is 4.15. The van der Waals surface area contributed by atoms with E-state index in [2.05, 4.69) is 0 Å². The number of hydrogen-bond donors (Lipinski definition) is 1. The lowest BCUT2D eigenvalue weighted by Crippen LogP contribution is -2.14. The molecule has 0 aliphatic carbocycles. The van der Waals surface area contributed by atoms with Crippen molar-refractivity contribution in [1.82, 2.24) is 0 Å². The van der Waals surface area contributed by atoms with Crippen molar-refractivity contribution in [2.24, 2.45) is 0 Å². The molecule has 2 rings (SSSR count). The molecule has 0 aliphatic rings. The number of rotatable bonds is 5. The van der Waals surface area contributed by atoms with Crippen molar-refractivity contribution in [2.45, 2.75) is 18.9 Å². The Bertz CT molecular complexity index is 584. The maximum Gasteiger partial charge on any atom is 0.122 e. The Balaban J connectivity index is 2.09. The molecule has 0 aromatic heterocycles. The molecule has 2 aromatic carbocycles. The third kappa shape index (κ3) is 3.89. The summed E-state index contributed by atoms with van der Waals surface area (Å²) in [6, 6.07) is 12.9. The van der Waals surface area contributed by atoms with Crippen LogP contribution in [0.1, 0.15) is 11.1 Å². The van der Waals surface area contributed by atoms with E-state index in [1.165, 1.54) is 0 Å². The number of halogens is 2.